The summed E-state index contributed by atoms with van der Waals surface area (Å²) in [5.41, 5.74) is -0.476. The van der Waals surface area contributed by atoms with Gasteiger partial charge in [-0.1, -0.05) is 20.8 Å². The molecular formula is C14H21F3N4O2. The maximum absolute atomic E-state index is 12.4. The molecule has 6 nitrogen and oxygen atoms in total. The molecule has 0 radical (unpaired) electrons. The number of rotatable bonds is 3. The lowest BCUT2D eigenvalue weighted by atomic mass is 9.94. The van der Waals surface area contributed by atoms with E-state index in [0.717, 1.165) is 12.8 Å². The van der Waals surface area contributed by atoms with Crippen molar-refractivity contribution < 1.29 is 22.4 Å². The van der Waals surface area contributed by atoms with E-state index >= 15 is 0 Å². The Morgan fingerprint density at radius 3 is 2.61 bits per heavy atom. The normalized spacial score (nSPS) is 20.5. The maximum atomic E-state index is 12.4. The van der Waals surface area contributed by atoms with Gasteiger partial charge >= 0.3 is 12.1 Å². The Morgan fingerprint density at radius 1 is 1.35 bits per heavy atom. The molecule has 1 aromatic heterocycles. The van der Waals surface area contributed by atoms with E-state index in [1.165, 1.54) is 0 Å². The van der Waals surface area contributed by atoms with Crippen LogP contribution in [0.15, 0.2) is 4.42 Å². The minimum absolute atomic E-state index is 0.0273. The van der Waals surface area contributed by atoms with Crippen molar-refractivity contribution >= 4 is 5.91 Å². The molecule has 1 aliphatic heterocycles. The summed E-state index contributed by atoms with van der Waals surface area (Å²) in [5.74, 6) is -1.44. The third kappa shape index (κ3) is 4.92. The zero-order valence-corrected chi connectivity index (χ0v) is 13.4. The standard InChI is InChI=1S/C14H21F3N4O2/c1-13(2,3)11(22)18-9-5-4-6-21(7-9)8-10-19-20-12(23-10)14(15,16)17/h9H,4-8H2,1-3H3,(H,18,22). The van der Waals surface area contributed by atoms with Gasteiger partial charge in [0.1, 0.15) is 0 Å². The van der Waals surface area contributed by atoms with Crippen LogP contribution in [0, 0.1) is 5.41 Å². The number of amides is 1. The van der Waals surface area contributed by atoms with Crippen LogP contribution in [-0.4, -0.2) is 40.1 Å². The molecule has 1 unspecified atom stereocenters. The molecule has 2 rings (SSSR count). The van der Waals surface area contributed by atoms with E-state index in [1.54, 1.807) is 0 Å². The van der Waals surface area contributed by atoms with Crippen molar-refractivity contribution in [2.45, 2.75) is 52.4 Å². The van der Waals surface area contributed by atoms with Gasteiger partial charge in [0.15, 0.2) is 0 Å². The van der Waals surface area contributed by atoms with Gasteiger partial charge in [0.05, 0.1) is 6.54 Å². The zero-order chi connectivity index (χ0) is 17.3. The third-order valence-corrected chi connectivity index (χ3v) is 3.59. The molecule has 0 saturated carbocycles. The summed E-state index contributed by atoms with van der Waals surface area (Å²) >= 11 is 0. The Hall–Kier alpha value is -1.64. The molecule has 0 aromatic carbocycles. The van der Waals surface area contributed by atoms with Gasteiger partial charge in [0, 0.05) is 18.0 Å². The Labute approximate surface area is 132 Å². The van der Waals surface area contributed by atoms with Crippen LogP contribution in [0.25, 0.3) is 0 Å². The Balaban J connectivity index is 1.91. The molecule has 0 bridgehead atoms. The van der Waals surface area contributed by atoms with Crippen LogP contribution in [0.5, 0.6) is 0 Å². The molecule has 1 fully saturated rings. The lowest BCUT2D eigenvalue weighted by Gasteiger charge is -2.33. The van der Waals surface area contributed by atoms with Crippen LogP contribution in [0.3, 0.4) is 0 Å². The Kier molecular flexibility index (Phi) is 4.98. The van der Waals surface area contributed by atoms with E-state index in [-0.39, 0.29) is 24.4 Å². The van der Waals surface area contributed by atoms with E-state index in [1.807, 2.05) is 25.7 Å². The minimum atomic E-state index is -4.63. The lowest BCUT2D eigenvalue weighted by molar-refractivity contribution is -0.157. The highest BCUT2D eigenvalue weighted by Crippen LogP contribution is 2.28. The summed E-state index contributed by atoms with van der Waals surface area (Å²) in [4.78, 5) is 13.9. The number of hydrogen-bond acceptors (Lipinski definition) is 5. The van der Waals surface area contributed by atoms with Gasteiger partial charge in [-0.15, -0.1) is 10.2 Å². The van der Waals surface area contributed by atoms with Crippen LogP contribution in [0.4, 0.5) is 13.2 Å². The predicted octanol–water partition coefficient (Wildman–Crippen LogP) is 2.22. The molecule has 1 amide bonds. The number of aromatic nitrogens is 2. The van der Waals surface area contributed by atoms with Crippen LogP contribution in [0.2, 0.25) is 0 Å². The minimum Gasteiger partial charge on any atom is -0.416 e. The van der Waals surface area contributed by atoms with Gasteiger partial charge in [-0.2, -0.15) is 13.2 Å². The fraction of sp³-hybridized carbons (Fsp3) is 0.786. The Morgan fingerprint density at radius 2 is 2.04 bits per heavy atom. The first-order valence-electron chi connectivity index (χ1n) is 7.48. The summed E-state index contributed by atoms with van der Waals surface area (Å²) in [6, 6.07) is -0.0273. The van der Waals surface area contributed by atoms with Gasteiger partial charge in [-0.3, -0.25) is 9.69 Å². The Bertz CT molecular complexity index is 551. The number of nitrogens with one attached hydrogen (secondary N) is 1. The second-order valence-electron chi connectivity index (χ2n) is 6.80. The van der Waals surface area contributed by atoms with Crippen molar-refractivity contribution in [2.75, 3.05) is 13.1 Å². The van der Waals surface area contributed by atoms with Crippen molar-refractivity contribution in [1.29, 1.82) is 0 Å². The fourth-order valence-electron chi connectivity index (χ4n) is 2.34. The van der Waals surface area contributed by atoms with Gasteiger partial charge in [-0.25, -0.2) is 0 Å². The summed E-state index contributed by atoms with van der Waals surface area (Å²) in [7, 11) is 0. The van der Waals surface area contributed by atoms with Gasteiger partial charge in [0.2, 0.25) is 11.8 Å². The molecule has 0 aliphatic carbocycles. The molecule has 9 heteroatoms. The van der Waals surface area contributed by atoms with Gasteiger partial charge in [0.25, 0.3) is 0 Å². The SMILES string of the molecule is CC(C)(C)C(=O)NC1CCCN(Cc2nnc(C(F)(F)F)o2)C1. The van der Waals surface area contributed by atoms with Crippen LogP contribution in [-0.2, 0) is 17.5 Å². The number of carbonyl (C=O) groups excluding carboxylic acids is 1. The number of halogens is 3. The fourth-order valence-corrected chi connectivity index (χ4v) is 2.34. The number of likely N-dealkylation sites (tertiary alicyclic amines) is 1. The monoisotopic (exact) mass is 334 g/mol. The molecule has 1 aromatic rings. The number of nitrogens with zero attached hydrogens (tertiary/aromatic N) is 3. The number of carbonyl (C=O) groups is 1. The summed E-state index contributed by atoms with van der Waals surface area (Å²) in [6.45, 7) is 6.90. The zero-order valence-electron chi connectivity index (χ0n) is 13.4. The molecule has 23 heavy (non-hydrogen) atoms. The van der Waals surface area contributed by atoms with Crippen LogP contribution < -0.4 is 5.32 Å². The van der Waals surface area contributed by atoms with E-state index in [2.05, 4.69) is 19.9 Å². The highest BCUT2D eigenvalue weighted by molar-refractivity contribution is 5.81. The van der Waals surface area contributed by atoms with Crippen LogP contribution in [0.1, 0.15) is 45.4 Å². The largest absolute Gasteiger partial charge is 0.470 e. The maximum Gasteiger partial charge on any atom is 0.470 e. The van der Waals surface area contributed by atoms with Crippen LogP contribution >= 0.6 is 0 Å². The molecule has 1 atom stereocenters. The van der Waals surface area contributed by atoms with Gasteiger partial charge < -0.3 is 9.73 Å². The van der Waals surface area contributed by atoms with E-state index in [9.17, 15) is 18.0 Å². The lowest BCUT2D eigenvalue weighted by Crippen LogP contribution is -2.50. The molecule has 2 heterocycles. The predicted molar refractivity (Wildman–Crippen MR) is 75.2 cm³/mol. The van der Waals surface area contributed by atoms with Crippen molar-refractivity contribution in [2.24, 2.45) is 5.41 Å². The average molecular weight is 334 g/mol. The second-order valence-corrected chi connectivity index (χ2v) is 6.80. The van der Waals surface area contributed by atoms with E-state index < -0.39 is 17.5 Å². The molecule has 0 spiro atoms. The first kappa shape index (κ1) is 17.7. The molecular weight excluding hydrogens is 313 g/mol. The first-order valence-corrected chi connectivity index (χ1v) is 7.48. The summed E-state index contributed by atoms with van der Waals surface area (Å²) < 4.78 is 42.0. The summed E-state index contributed by atoms with van der Waals surface area (Å²) in [6.07, 6.45) is -2.94. The second kappa shape index (κ2) is 6.46. The van der Waals surface area contributed by atoms with E-state index in [4.69, 9.17) is 0 Å². The van der Waals surface area contributed by atoms with Crippen molar-refractivity contribution in [3.63, 3.8) is 0 Å². The molecule has 1 aliphatic rings. The number of hydrogen-bond donors (Lipinski definition) is 1. The first-order chi connectivity index (χ1) is 10.6. The quantitative estimate of drug-likeness (QED) is 0.918. The highest BCUT2D eigenvalue weighted by atomic mass is 19.4. The van der Waals surface area contributed by atoms with Gasteiger partial charge in [-0.05, 0) is 19.4 Å². The number of alkyl halides is 3. The third-order valence-electron chi connectivity index (χ3n) is 3.59. The molecule has 1 saturated heterocycles. The van der Waals surface area contributed by atoms with E-state index in [0.29, 0.717) is 13.1 Å². The smallest absolute Gasteiger partial charge is 0.416 e. The van der Waals surface area contributed by atoms with Crippen molar-refractivity contribution in [3.8, 4) is 0 Å². The number of piperidine rings is 1. The van der Waals surface area contributed by atoms with Crippen molar-refractivity contribution in [1.82, 2.24) is 20.4 Å². The average Bonchev–Trinajstić information content (AvgIpc) is 2.86. The molecule has 130 valence electrons. The molecule has 1 N–H and O–H groups in total. The topological polar surface area (TPSA) is 71.3 Å². The van der Waals surface area contributed by atoms with Crippen molar-refractivity contribution in [3.05, 3.63) is 11.8 Å². The summed E-state index contributed by atoms with van der Waals surface area (Å²) in [5, 5.41) is 9.43. The highest BCUT2D eigenvalue weighted by Gasteiger charge is 2.38.